The van der Waals surface area contributed by atoms with Gasteiger partial charge in [0.05, 0.1) is 13.2 Å². The van der Waals surface area contributed by atoms with E-state index in [0.717, 1.165) is 26.2 Å². The molecule has 2 atom stereocenters. The summed E-state index contributed by atoms with van der Waals surface area (Å²) in [5.74, 6) is 0. The van der Waals surface area contributed by atoms with Crippen LogP contribution in [0.25, 0.3) is 0 Å². The number of morpholine rings is 1. The van der Waals surface area contributed by atoms with E-state index in [4.69, 9.17) is 15.6 Å². The van der Waals surface area contributed by atoms with Crippen LogP contribution in [0.1, 0.15) is 12.8 Å². The van der Waals surface area contributed by atoms with E-state index in [1.165, 1.54) is 0 Å². The maximum absolute atomic E-state index is 8.71. The van der Waals surface area contributed by atoms with Crippen LogP contribution in [0, 0.1) is 0 Å². The molecule has 0 saturated carbocycles. The fourth-order valence-corrected chi connectivity index (χ4v) is 1.62. The average molecular weight is 188 g/mol. The third-order valence-electron chi connectivity index (χ3n) is 2.60. The van der Waals surface area contributed by atoms with Crippen molar-refractivity contribution in [3.05, 3.63) is 0 Å². The summed E-state index contributed by atoms with van der Waals surface area (Å²) in [6.45, 7) is 2.76. The summed E-state index contributed by atoms with van der Waals surface area (Å²) in [7, 11) is 2.10. The predicted octanol–water partition coefficient (Wildman–Crippen LogP) is -0.583. The number of aliphatic hydroxyl groups is 1. The molecule has 0 aliphatic carbocycles. The molecule has 13 heavy (non-hydrogen) atoms. The number of hydrogen-bond donors (Lipinski definition) is 2. The molecule has 0 aromatic rings. The van der Waals surface area contributed by atoms with E-state index in [9.17, 15) is 0 Å². The Hall–Kier alpha value is -0.160. The summed E-state index contributed by atoms with van der Waals surface area (Å²) in [5, 5.41) is 8.71. The van der Waals surface area contributed by atoms with Crippen LogP contribution in [0.2, 0.25) is 0 Å². The van der Waals surface area contributed by atoms with E-state index in [0.29, 0.717) is 12.5 Å². The van der Waals surface area contributed by atoms with Gasteiger partial charge in [-0.25, -0.2) is 0 Å². The minimum Gasteiger partial charge on any atom is -0.396 e. The Labute approximate surface area is 79.7 Å². The van der Waals surface area contributed by atoms with Gasteiger partial charge in [0.2, 0.25) is 0 Å². The molecule has 4 nitrogen and oxygen atoms in total. The quantitative estimate of drug-likeness (QED) is 0.619. The van der Waals surface area contributed by atoms with E-state index in [-0.39, 0.29) is 12.6 Å². The van der Waals surface area contributed by atoms with Crippen molar-refractivity contribution < 1.29 is 9.84 Å². The predicted molar refractivity (Wildman–Crippen MR) is 51.5 cm³/mol. The third-order valence-corrected chi connectivity index (χ3v) is 2.60. The first-order valence-electron chi connectivity index (χ1n) is 4.88. The number of ether oxygens (including phenoxy) is 1. The van der Waals surface area contributed by atoms with Crippen molar-refractivity contribution in [2.45, 2.75) is 24.9 Å². The first kappa shape index (κ1) is 10.9. The van der Waals surface area contributed by atoms with Crippen LogP contribution in [0.3, 0.4) is 0 Å². The number of nitrogens with zero attached hydrogens (tertiary/aromatic N) is 1. The lowest BCUT2D eigenvalue weighted by atomic mass is 10.0. The molecular weight excluding hydrogens is 168 g/mol. The summed E-state index contributed by atoms with van der Waals surface area (Å²) in [6, 6.07) is 0.523. The second-order valence-electron chi connectivity index (χ2n) is 3.72. The highest BCUT2D eigenvalue weighted by Gasteiger charge is 2.21. The molecule has 0 aromatic carbocycles. The molecule has 1 rings (SSSR count). The van der Waals surface area contributed by atoms with Crippen molar-refractivity contribution in [1.29, 1.82) is 0 Å². The Balaban J connectivity index is 2.25. The van der Waals surface area contributed by atoms with Gasteiger partial charge in [-0.3, -0.25) is 4.90 Å². The van der Waals surface area contributed by atoms with Crippen molar-refractivity contribution in [3.63, 3.8) is 0 Å². The Morgan fingerprint density at radius 1 is 1.69 bits per heavy atom. The van der Waals surface area contributed by atoms with Gasteiger partial charge in [-0.15, -0.1) is 0 Å². The molecule has 1 fully saturated rings. The molecule has 2 unspecified atom stereocenters. The van der Waals surface area contributed by atoms with Crippen LogP contribution in [-0.2, 0) is 4.74 Å². The zero-order valence-electron chi connectivity index (χ0n) is 8.28. The normalized spacial score (nSPS) is 27.5. The fraction of sp³-hybridized carbons (Fsp3) is 1.00. The maximum Gasteiger partial charge on any atom is 0.0622 e. The van der Waals surface area contributed by atoms with Gasteiger partial charge < -0.3 is 15.6 Å². The van der Waals surface area contributed by atoms with Crippen LogP contribution >= 0.6 is 0 Å². The summed E-state index contributed by atoms with van der Waals surface area (Å²) >= 11 is 0. The molecule has 0 aromatic heterocycles. The monoisotopic (exact) mass is 188 g/mol. The van der Waals surface area contributed by atoms with Crippen molar-refractivity contribution in [2.24, 2.45) is 5.73 Å². The lowest BCUT2D eigenvalue weighted by Gasteiger charge is -2.33. The Kier molecular flexibility index (Phi) is 4.66. The van der Waals surface area contributed by atoms with Crippen LogP contribution in [0.5, 0.6) is 0 Å². The summed E-state index contributed by atoms with van der Waals surface area (Å²) in [4.78, 5) is 2.28. The van der Waals surface area contributed by atoms with Crippen molar-refractivity contribution in [1.82, 2.24) is 4.90 Å². The molecule has 1 heterocycles. The largest absolute Gasteiger partial charge is 0.396 e. The standard InChI is InChI=1S/C9H20N2O2/c1-11-3-5-13-7-9(11)6-8(10)2-4-12/h8-9,12H,2-7,10H2,1H3. The molecule has 0 spiro atoms. The van der Waals surface area contributed by atoms with Gasteiger partial charge >= 0.3 is 0 Å². The molecule has 78 valence electrons. The van der Waals surface area contributed by atoms with E-state index >= 15 is 0 Å². The summed E-state index contributed by atoms with van der Waals surface area (Å²) < 4.78 is 5.37. The number of likely N-dealkylation sites (N-methyl/N-ethyl adjacent to an activating group) is 1. The van der Waals surface area contributed by atoms with Gasteiger partial charge in [0.15, 0.2) is 0 Å². The molecule has 3 N–H and O–H groups in total. The SMILES string of the molecule is CN1CCOCC1CC(N)CCO. The van der Waals surface area contributed by atoms with E-state index in [1.54, 1.807) is 0 Å². The van der Waals surface area contributed by atoms with Crippen LogP contribution in [0.4, 0.5) is 0 Å². The topological polar surface area (TPSA) is 58.7 Å². The minimum absolute atomic E-state index is 0.0964. The van der Waals surface area contributed by atoms with Crippen LogP contribution < -0.4 is 5.73 Å². The zero-order valence-corrected chi connectivity index (χ0v) is 8.28. The lowest BCUT2D eigenvalue weighted by Crippen LogP contribution is -2.45. The molecule has 1 aliphatic rings. The number of nitrogens with two attached hydrogens (primary N) is 1. The highest BCUT2D eigenvalue weighted by atomic mass is 16.5. The second-order valence-corrected chi connectivity index (χ2v) is 3.72. The van der Waals surface area contributed by atoms with E-state index in [1.807, 2.05) is 0 Å². The van der Waals surface area contributed by atoms with Gasteiger partial charge in [-0.2, -0.15) is 0 Å². The fourth-order valence-electron chi connectivity index (χ4n) is 1.62. The molecule has 4 heteroatoms. The van der Waals surface area contributed by atoms with Crippen molar-refractivity contribution in [3.8, 4) is 0 Å². The van der Waals surface area contributed by atoms with Gasteiger partial charge in [0.25, 0.3) is 0 Å². The molecule has 0 bridgehead atoms. The molecule has 0 radical (unpaired) electrons. The van der Waals surface area contributed by atoms with Crippen molar-refractivity contribution >= 4 is 0 Å². The number of rotatable bonds is 4. The first-order valence-corrected chi connectivity index (χ1v) is 4.88. The van der Waals surface area contributed by atoms with Gasteiger partial charge in [0.1, 0.15) is 0 Å². The molecule has 0 amide bonds. The highest BCUT2D eigenvalue weighted by molar-refractivity contribution is 4.77. The van der Waals surface area contributed by atoms with Crippen molar-refractivity contribution in [2.75, 3.05) is 33.4 Å². The third kappa shape index (κ3) is 3.60. The lowest BCUT2D eigenvalue weighted by molar-refractivity contribution is -0.0000453. The van der Waals surface area contributed by atoms with Gasteiger partial charge in [0, 0.05) is 25.2 Å². The molecule has 1 saturated heterocycles. The average Bonchev–Trinajstić information content (AvgIpc) is 2.09. The number of aliphatic hydroxyl groups excluding tert-OH is 1. The number of hydrogen-bond acceptors (Lipinski definition) is 4. The van der Waals surface area contributed by atoms with E-state index < -0.39 is 0 Å². The molecular formula is C9H20N2O2. The maximum atomic E-state index is 8.71. The zero-order chi connectivity index (χ0) is 9.68. The van der Waals surface area contributed by atoms with Gasteiger partial charge in [-0.05, 0) is 19.9 Å². The summed E-state index contributed by atoms with van der Waals surface area (Å²) in [5.41, 5.74) is 5.84. The summed E-state index contributed by atoms with van der Waals surface area (Å²) in [6.07, 6.45) is 1.60. The van der Waals surface area contributed by atoms with E-state index in [2.05, 4.69) is 11.9 Å². The van der Waals surface area contributed by atoms with Crippen LogP contribution in [-0.4, -0.2) is 55.5 Å². The highest BCUT2D eigenvalue weighted by Crippen LogP contribution is 2.10. The van der Waals surface area contributed by atoms with Gasteiger partial charge in [-0.1, -0.05) is 0 Å². The second kappa shape index (κ2) is 5.54. The Morgan fingerprint density at radius 3 is 3.08 bits per heavy atom. The smallest absolute Gasteiger partial charge is 0.0622 e. The Morgan fingerprint density at radius 2 is 2.46 bits per heavy atom. The Bertz CT molecular complexity index is 144. The minimum atomic E-state index is 0.0964. The molecule has 1 aliphatic heterocycles. The first-order chi connectivity index (χ1) is 6.24. The van der Waals surface area contributed by atoms with Crippen LogP contribution in [0.15, 0.2) is 0 Å².